The summed E-state index contributed by atoms with van der Waals surface area (Å²) in [6.07, 6.45) is 1.79. The van der Waals surface area contributed by atoms with Gasteiger partial charge in [0.1, 0.15) is 0 Å². The predicted octanol–water partition coefficient (Wildman–Crippen LogP) is 4.84. The highest BCUT2D eigenvalue weighted by Crippen LogP contribution is 2.52. The quantitative estimate of drug-likeness (QED) is 0.632. The first kappa shape index (κ1) is 18.1. The molecule has 2 aromatic carbocycles. The molecule has 29 heavy (non-hydrogen) atoms. The summed E-state index contributed by atoms with van der Waals surface area (Å²) in [6.45, 7) is 5.06. The third-order valence-electron chi connectivity index (χ3n) is 5.80. The third kappa shape index (κ3) is 2.63. The van der Waals surface area contributed by atoms with Gasteiger partial charge in [-0.1, -0.05) is 6.92 Å². The van der Waals surface area contributed by atoms with Gasteiger partial charge in [-0.25, -0.2) is 0 Å². The fourth-order valence-corrected chi connectivity index (χ4v) is 4.47. The molecule has 0 fully saturated rings. The van der Waals surface area contributed by atoms with Crippen LogP contribution in [0.5, 0.6) is 23.0 Å². The van der Waals surface area contributed by atoms with Crippen molar-refractivity contribution in [2.24, 2.45) is 0 Å². The minimum atomic E-state index is -0.0995. The lowest BCUT2D eigenvalue weighted by molar-refractivity contribution is 0.0450. The Morgan fingerprint density at radius 2 is 1.76 bits per heavy atom. The number of fused-ring (bicyclic) bond motifs is 6. The van der Waals surface area contributed by atoms with Crippen molar-refractivity contribution in [1.82, 2.24) is 4.98 Å². The van der Waals surface area contributed by atoms with Crippen LogP contribution in [0, 0.1) is 0 Å². The van der Waals surface area contributed by atoms with Gasteiger partial charge in [-0.2, -0.15) is 0 Å². The number of rotatable bonds is 4. The molecule has 1 aromatic heterocycles. The molecule has 150 valence electrons. The van der Waals surface area contributed by atoms with Crippen LogP contribution in [0.2, 0.25) is 0 Å². The van der Waals surface area contributed by atoms with E-state index in [-0.39, 0.29) is 18.8 Å². The molecule has 3 aromatic rings. The molecule has 6 nitrogen and oxygen atoms in total. The van der Waals surface area contributed by atoms with Gasteiger partial charge in [0.2, 0.25) is 6.79 Å². The molecule has 1 aliphatic heterocycles. The van der Waals surface area contributed by atoms with Crippen molar-refractivity contribution >= 4 is 10.8 Å². The second kappa shape index (κ2) is 6.81. The van der Waals surface area contributed by atoms with Crippen LogP contribution in [0.1, 0.15) is 37.0 Å². The lowest BCUT2D eigenvalue weighted by Gasteiger charge is -2.33. The zero-order valence-electron chi connectivity index (χ0n) is 16.9. The van der Waals surface area contributed by atoms with E-state index in [0.717, 1.165) is 44.7 Å². The maximum Gasteiger partial charge on any atom is 0.231 e. The summed E-state index contributed by atoms with van der Waals surface area (Å²) in [4.78, 5) is 4.84. The normalized spacial score (nSPS) is 19.0. The van der Waals surface area contributed by atoms with Gasteiger partial charge in [0, 0.05) is 29.7 Å². The van der Waals surface area contributed by atoms with Crippen molar-refractivity contribution in [2.45, 2.75) is 25.9 Å². The zero-order chi connectivity index (χ0) is 20.1. The van der Waals surface area contributed by atoms with Crippen molar-refractivity contribution in [1.29, 1.82) is 0 Å². The molecule has 0 amide bonds. The van der Waals surface area contributed by atoms with Crippen LogP contribution in [0.25, 0.3) is 22.0 Å². The number of nitrogens with zero attached hydrogens (tertiary/aromatic N) is 1. The van der Waals surface area contributed by atoms with Gasteiger partial charge >= 0.3 is 0 Å². The maximum absolute atomic E-state index is 6.21. The number of hydrogen-bond donors (Lipinski definition) is 0. The molecule has 2 aliphatic rings. The molecule has 0 saturated carbocycles. The topological polar surface area (TPSA) is 59.0 Å². The Morgan fingerprint density at radius 1 is 1.03 bits per heavy atom. The Bertz CT molecular complexity index is 1110. The highest BCUT2D eigenvalue weighted by atomic mass is 16.7. The Kier molecular flexibility index (Phi) is 4.24. The molecular weight excluding hydrogens is 370 g/mol. The van der Waals surface area contributed by atoms with E-state index in [1.807, 2.05) is 37.4 Å². The Labute approximate surface area is 169 Å². The van der Waals surface area contributed by atoms with Gasteiger partial charge in [-0.15, -0.1) is 0 Å². The highest BCUT2D eigenvalue weighted by Gasteiger charge is 2.36. The fraction of sp³-hybridized carbons (Fsp3) is 0.348. The molecule has 0 spiro atoms. The minimum absolute atomic E-state index is 0.0995. The molecule has 0 radical (unpaired) electrons. The summed E-state index contributed by atoms with van der Waals surface area (Å²) < 4.78 is 28.5. The molecule has 2 heterocycles. The smallest absolute Gasteiger partial charge is 0.231 e. The van der Waals surface area contributed by atoms with E-state index in [1.54, 1.807) is 14.2 Å². The van der Waals surface area contributed by atoms with E-state index in [1.165, 1.54) is 0 Å². The van der Waals surface area contributed by atoms with E-state index in [9.17, 15) is 0 Å². The number of benzene rings is 2. The van der Waals surface area contributed by atoms with Crippen molar-refractivity contribution in [3.05, 3.63) is 41.6 Å². The van der Waals surface area contributed by atoms with Crippen LogP contribution in [-0.2, 0) is 4.74 Å². The summed E-state index contributed by atoms with van der Waals surface area (Å²) in [7, 11) is 3.29. The van der Waals surface area contributed by atoms with Gasteiger partial charge in [-0.05, 0) is 47.7 Å². The van der Waals surface area contributed by atoms with Crippen molar-refractivity contribution < 1.29 is 23.7 Å². The van der Waals surface area contributed by atoms with Gasteiger partial charge < -0.3 is 23.7 Å². The summed E-state index contributed by atoms with van der Waals surface area (Å²) in [6, 6.07) is 8.07. The maximum atomic E-state index is 6.21. The zero-order valence-corrected chi connectivity index (χ0v) is 16.9. The van der Waals surface area contributed by atoms with Crippen LogP contribution in [0.3, 0.4) is 0 Å². The van der Waals surface area contributed by atoms with Crippen molar-refractivity contribution in [2.75, 3.05) is 27.6 Å². The lowest BCUT2D eigenvalue weighted by Crippen LogP contribution is -2.19. The summed E-state index contributed by atoms with van der Waals surface area (Å²) in [5.41, 5.74) is 4.20. The second-order valence-corrected chi connectivity index (χ2v) is 7.27. The molecule has 2 unspecified atom stereocenters. The number of aromatic nitrogens is 1. The summed E-state index contributed by atoms with van der Waals surface area (Å²) in [5.74, 6) is 3.00. The van der Waals surface area contributed by atoms with Crippen LogP contribution >= 0.6 is 0 Å². The van der Waals surface area contributed by atoms with Crippen molar-refractivity contribution in [3.63, 3.8) is 0 Å². The fourth-order valence-electron chi connectivity index (χ4n) is 4.47. The molecule has 5 rings (SSSR count). The second-order valence-electron chi connectivity index (χ2n) is 7.27. The average molecular weight is 393 g/mol. The lowest BCUT2D eigenvalue weighted by atomic mass is 9.77. The predicted molar refractivity (Wildman–Crippen MR) is 109 cm³/mol. The molecule has 0 saturated heterocycles. The van der Waals surface area contributed by atoms with Crippen LogP contribution in [-0.4, -0.2) is 32.6 Å². The molecule has 2 atom stereocenters. The number of ether oxygens (including phenoxy) is 5. The highest BCUT2D eigenvalue weighted by molar-refractivity contribution is 5.94. The molecule has 1 aliphatic carbocycles. The van der Waals surface area contributed by atoms with Gasteiger partial charge in [0.05, 0.1) is 26.0 Å². The Balaban J connectivity index is 1.81. The van der Waals surface area contributed by atoms with E-state index < -0.39 is 0 Å². The monoisotopic (exact) mass is 393 g/mol. The standard InChI is InChI=1S/C23H23NO5/c1-5-27-23-12(2)21-14-7-18(26-4)17(25-3)6-13(14)10-24-22(21)15-8-19-20(9-16(15)23)29-11-28-19/h6-10,12,23H,5,11H2,1-4H3. The van der Waals surface area contributed by atoms with Gasteiger partial charge in [0.25, 0.3) is 0 Å². The molecule has 0 N–H and O–H groups in total. The molecular formula is C23H23NO5. The number of pyridine rings is 1. The number of methoxy groups -OCH3 is 2. The van der Waals surface area contributed by atoms with Gasteiger partial charge in [0.15, 0.2) is 23.0 Å². The van der Waals surface area contributed by atoms with Crippen LogP contribution in [0.4, 0.5) is 0 Å². The Morgan fingerprint density at radius 3 is 2.48 bits per heavy atom. The first-order valence-electron chi connectivity index (χ1n) is 9.76. The Hall–Kier alpha value is -2.99. The number of hydrogen-bond acceptors (Lipinski definition) is 6. The average Bonchev–Trinajstić information content (AvgIpc) is 3.21. The van der Waals surface area contributed by atoms with Crippen molar-refractivity contribution in [3.8, 4) is 34.3 Å². The first-order chi connectivity index (χ1) is 14.2. The van der Waals surface area contributed by atoms with E-state index in [0.29, 0.717) is 18.1 Å². The van der Waals surface area contributed by atoms with Crippen LogP contribution < -0.4 is 18.9 Å². The van der Waals surface area contributed by atoms with E-state index in [2.05, 4.69) is 6.92 Å². The molecule has 0 bridgehead atoms. The molecule has 6 heteroatoms. The largest absolute Gasteiger partial charge is 0.493 e. The third-order valence-corrected chi connectivity index (χ3v) is 5.80. The van der Waals surface area contributed by atoms with E-state index in [4.69, 9.17) is 28.7 Å². The summed E-state index contributed by atoms with van der Waals surface area (Å²) in [5, 5.41) is 2.10. The summed E-state index contributed by atoms with van der Waals surface area (Å²) >= 11 is 0. The van der Waals surface area contributed by atoms with Crippen LogP contribution in [0.15, 0.2) is 30.5 Å². The SMILES string of the molecule is CCOC1c2cc3c(cc2-c2ncc4cc(OC)c(OC)cc4c2C1C)OCO3. The van der Waals surface area contributed by atoms with E-state index >= 15 is 0 Å². The first-order valence-corrected chi connectivity index (χ1v) is 9.76. The van der Waals surface area contributed by atoms with Gasteiger partial charge in [-0.3, -0.25) is 4.98 Å². The minimum Gasteiger partial charge on any atom is -0.493 e.